The summed E-state index contributed by atoms with van der Waals surface area (Å²) in [6.07, 6.45) is 1.04. The standard InChI is InChI=1S/C25H30N6OS/c1-6-14-33-25-28-24-26-17(3)21(23(32)27-19-9-7-8-16(2)15-19)22(31(24)29-25)18-10-12-20(13-11-18)30(4)5/h7-13,15,22H,6,14H2,1-5H3,(H,27,32)(H,26,28,29). The van der Waals surface area contributed by atoms with E-state index in [1.54, 1.807) is 11.8 Å². The molecule has 0 aliphatic carbocycles. The van der Waals surface area contributed by atoms with E-state index in [9.17, 15) is 4.79 Å². The molecule has 2 aromatic carbocycles. The number of aryl methyl sites for hydroxylation is 1. The van der Waals surface area contributed by atoms with E-state index in [0.717, 1.165) is 40.4 Å². The first-order chi connectivity index (χ1) is 15.9. The zero-order valence-electron chi connectivity index (χ0n) is 19.7. The Labute approximate surface area is 199 Å². The summed E-state index contributed by atoms with van der Waals surface area (Å²) in [4.78, 5) is 20.3. The fourth-order valence-electron chi connectivity index (χ4n) is 3.86. The summed E-state index contributed by atoms with van der Waals surface area (Å²) in [5, 5.41) is 11.9. The number of benzene rings is 2. The van der Waals surface area contributed by atoms with Crippen molar-refractivity contribution in [3.05, 3.63) is 70.9 Å². The molecule has 2 heterocycles. The third kappa shape index (κ3) is 4.90. The lowest BCUT2D eigenvalue weighted by molar-refractivity contribution is -0.113. The number of thioether (sulfide) groups is 1. The summed E-state index contributed by atoms with van der Waals surface area (Å²) in [7, 11) is 4.02. The van der Waals surface area contributed by atoms with Gasteiger partial charge < -0.3 is 15.5 Å². The number of hydrogen-bond donors (Lipinski definition) is 2. The summed E-state index contributed by atoms with van der Waals surface area (Å²) in [5.41, 5.74) is 5.33. The van der Waals surface area contributed by atoms with Gasteiger partial charge in [-0.05, 0) is 55.7 Å². The van der Waals surface area contributed by atoms with Crippen molar-refractivity contribution in [2.75, 3.05) is 35.4 Å². The van der Waals surface area contributed by atoms with Crippen molar-refractivity contribution in [1.29, 1.82) is 0 Å². The number of anilines is 3. The molecule has 1 amide bonds. The lowest BCUT2D eigenvalue weighted by atomic mass is 9.94. The highest BCUT2D eigenvalue weighted by atomic mass is 32.2. The molecule has 1 aliphatic heterocycles. The first-order valence-corrected chi connectivity index (χ1v) is 12.1. The molecule has 0 spiro atoms. The average molecular weight is 463 g/mol. The van der Waals surface area contributed by atoms with Crippen LogP contribution >= 0.6 is 11.8 Å². The van der Waals surface area contributed by atoms with Crippen molar-refractivity contribution in [1.82, 2.24) is 14.8 Å². The minimum atomic E-state index is -0.384. The van der Waals surface area contributed by atoms with E-state index in [1.165, 1.54) is 0 Å². The van der Waals surface area contributed by atoms with Gasteiger partial charge in [0.2, 0.25) is 11.1 Å². The molecule has 4 rings (SSSR count). The van der Waals surface area contributed by atoms with Crippen molar-refractivity contribution in [3.8, 4) is 0 Å². The molecule has 0 fully saturated rings. The Kier molecular flexibility index (Phi) is 6.74. The molecular weight excluding hydrogens is 432 g/mol. The fourth-order valence-corrected chi connectivity index (χ4v) is 4.55. The van der Waals surface area contributed by atoms with Crippen LogP contribution in [-0.2, 0) is 4.79 Å². The maximum Gasteiger partial charge on any atom is 0.255 e. The number of nitrogens with zero attached hydrogens (tertiary/aromatic N) is 4. The van der Waals surface area contributed by atoms with Crippen LogP contribution in [0.3, 0.4) is 0 Å². The average Bonchev–Trinajstić information content (AvgIpc) is 3.19. The Bertz CT molecular complexity index is 1180. The summed E-state index contributed by atoms with van der Waals surface area (Å²) in [6, 6.07) is 15.7. The van der Waals surface area contributed by atoms with E-state index < -0.39 is 0 Å². The molecule has 8 heteroatoms. The molecule has 3 aromatic rings. The van der Waals surface area contributed by atoms with Crippen LogP contribution in [0.4, 0.5) is 17.3 Å². The van der Waals surface area contributed by atoms with Crippen LogP contribution in [-0.4, -0.2) is 40.5 Å². The van der Waals surface area contributed by atoms with Gasteiger partial charge in [-0.25, -0.2) is 4.68 Å². The highest BCUT2D eigenvalue weighted by Gasteiger charge is 2.34. The van der Waals surface area contributed by atoms with Crippen LogP contribution in [0.25, 0.3) is 0 Å². The molecule has 0 saturated heterocycles. The summed E-state index contributed by atoms with van der Waals surface area (Å²) >= 11 is 1.62. The maximum absolute atomic E-state index is 13.6. The molecule has 33 heavy (non-hydrogen) atoms. The molecule has 7 nitrogen and oxygen atoms in total. The molecule has 1 aliphatic rings. The molecule has 1 aromatic heterocycles. The number of nitrogens with one attached hydrogen (secondary N) is 2. The topological polar surface area (TPSA) is 75.1 Å². The third-order valence-corrected chi connectivity index (χ3v) is 6.56. The zero-order valence-corrected chi connectivity index (χ0v) is 20.5. The van der Waals surface area contributed by atoms with Gasteiger partial charge in [0.25, 0.3) is 5.91 Å². The SMILES string of the molecule is CCCSc1nc2n(n1)C(c1ccc(N(C)C)cc1)C(C(=O)Nc1cccc(C)c1)=C(C)N2. The predicted molar refractivity (Wildman–Crippen MR) is 136 cm³/mol. The Balaban J connectivity index is 1.75. The van der Waals surface area contributed by atoms with Crippen molar-refractivity contribution in [2.45, 2.75) is 38.4 Å². The maximum atomic E-state index is 13.6. The largest absolute Gasteiger partial charge is 0.378 e. The Morgan fingerprint density at radius 2 is 1.94 bits per heavy atom. The Morgan fingerprint density at radius 1 is 1.18 bits per heavy atom. The van der Waals surface area contributed by atoms with Gasteiger partial charge in [0, 0.05) is 36.9 Å². The van der Waals surface area contributed by atoms with Crippen molar-refractivity contribution in [3.63, 3.8) is 0 Å². The summed E-state index contributed by atoms with van der Waals surface area (Å²) in [5.74, 6) is 1.44. The molecule has 1 atom stereocenters. The lowest BCUT2D eigenvalue weighted by Crippen LogP contribution is -2.31. The molecule has 1 unspecified atom stereocenters. The molecule has 0 saturated carbocycles. The molecule has 0 bridgehead atoms. The van der Waals surface area contributed by atoms with Gasteiger partial charge in [0.1, 0.15) is 6.04 Å². The Morgan fingerprint density at radius 3 is 2.61 bits per heavy atom. The molecule has 172 valence electrons. The molecule has 0 radical (unpaired) electrons. The van der Waals surface area contributed by atoms with Gasteiger partial charge in [-0.15, -0.1) is 5.10 Å². The monoisotopic (exact) mass is 462 g/mol. The van der Waals surface area contributed by atoms with E-state index in [2.05, 4.69) is 51.7 Å². The van der Waals surface area contributed by atoms with Gasteiger partial charge in [-0.1, -0.05) is 43.0 Å². The second-order valence-electron chi connectivity index (χ2n) is 8.39. The van der Waals surface area contributed by atoms with Crippen LogP contribution in [0, 0.1) is 6.92 Å². The minimum absolute atomic E-state index is 0.156. The van der Waals surface area contributed by atoms with Crippen LogP contribution in [0.2, 0.25) is 0 Å². The van der Waals surface area contributed by atoms with E-state index in [4.69, 9.17) is 5.10 Å². The van der Waals surface area contributed by atoms with Gasteiger partial charge in [-0.2, -0.15) is 4.98 Å². The van der Waals surface area contributed by atoms with Crippen LogP contribution in [0.1, 0.15) is 37.4 Å². The van der Waals surface area contributed by atoms with Gasteiger partial charge in [-0.3, -0.25) is 4.79 Å². The predicted octanol–water partition coefficient (Wildman–Crippen LogP) is 5.08. The molecule has 2 N–H and O–H groups in total. The third-order valence-electron chi connectivity index (χ3n) is 5.51. The van der Waals surface area contributed by atoms with Crippen LogP contribution in [0.15, 0.2) is 65.0 Å². The normalized spacial score (nSPS) is 15.1. The number of carbonyl (C=O) groups excluding carboxylic acids is 1. The lowest BCUT2D eigenvalue weighted by Gasteiger charge is -2.29. The van der Waals surface area contributed by atoms with Crippen molar-refractivity contribution < 1.29 is 4.79 Å². The van der Waals surface area contributed by atoms with Crippen LogP contribution < -0.4 is 15.5 Å². The number of amides is 1. The number of carbonyl (C=O) groups is 1. The van der Waals surface area contributed by atoms with Crippen molar-refractivity contribution in [2.24, 2.45) is 0 Å². The van der Waals surface area contributed by atoms with Gasteiger partial charge in [0.15, 0.2) is 0 Å². The van der Waals surface area contributed by atoms with E-state index in [0.29, 0.717) is 16.7 Å². The van der Waals surface area contributed by atoms with E-state index in [1.807, 2.05) is 56.9 Å². The first kappa shape index (κ1) is 22.9. The summed E-state index contributed by atoms with van der Waals surface area (Å²) in [6.45, 7) is 6.06. The van der Waals surface area contributed by atoms with Gasteiger partial charge in [0.05, 0.1) is 5.57 Å². The zero-order chi connectivity index (χ0) is 23.5. The number of allylic oxidation sites excluding steroid dienone is 1. The first-order valence-electron chi connectivity index (χ1n) is 11.1. The van der Waals surface area contributed by atoms with Crippen molar-refractivity contribution >= 4 is 35.0 Å². The number of hydrogen-bond acceptors (Lipinski definition) is 6. The summed E-state index contributed by atoms with van der Waals surface area (Å²) < 4.78 is 1.83. The van der Waals surface area contributed by atoms with Crippen LogP contribution in [0.5, 0.6) is 0 Å². The van der Waals surface area contributed by atoms with E-state index >= 15 is 0 Å². The number of aromatic nitrogens is 3. The fraction of sp³-hybridized carbons (Fsp3) is 0.320. The van der Waals surface area contributed by atoms with Gasteiger partial charge >= 0.3 is 0 Å². The number of fused-ring (bicyclic) bond motifs is 1. The highest BCUT2D eigenvalue weighted by Crippen LogP contribution is 2.37. The smallest absolute Gasteiger partial charge is 0.255 e. The number of rotatable bonds is 7. The second-order valence-corrected chi connectivity index (χ2v) is 9.45. The van der Waals surface area contributed by atoms with E-state index in [-0.39, 0.29) is 11.9 Å². The quantitative estimate of drug-likeness (QED) is 0.477. The highest BCUT2D eigenvalue weighted by molar-refractivity contribution is 7.99. The second kappa shape index (κ2) is 9.70. The Hall–Kier alpha value is -3.26. The molecular formula is C25H30N6OS. The minimum Gasteiger partial charge on any atom is -0.378 e.